The molecular formula is C20H18F2N2O4. The van der Waals surface area contributed by atoms with E-state index in [4.69, 9.17) is 4.74 Å². The molecule has 1 aliphatic rings. The average molecular weight is 388 g/mol. The third-order valence-electron chi connectivity index (χ3n) is 4.37. The van der Waals surface area contributed by atoms with Crippen LogP contribution in [0.25, 0.3) is 0 Å². The second kappa shape index (κ2) is 8.60. The van der Waals surface area contributed by atoms with Crippen molar-refractivity contribution in [2.24, 2.45) is 0 Å². The number of nitrogens with one attached hydrogen (secondary N) is 1. The summed E-state index contributed by atoms with van der Waals surface area (Å²) in [5.74, 6) is -3.25. The van der Waals surface area contributed by atoms with Crippen LogP contribution in [0.3, 0.4) is 0 Å². The molecule has 1 aliphatic heterocycles. The topological polar surface area (TPSA) is 75.7 Å². The van der Waals surface area contributed by atoms with Gasteiger partial charge in [-0.15, -0.1) is 0 Å². The molecule has 1 fully saturated rings. The highest BCUT2D eigenvalue weighted by Gasteiger charge is 2.31. The Morgan fingerprint density at radius 1 is 1.11 bits per heavy atom. The fraction of sp³-hybridized carbons (Fsp3) is 0.250. The van der Waals surface area contributed by atoms with Gasteiger partial charge in [0.25, 0.3) is 5.91 Å². The highest BCUT2D eigenvalue weighted by Crippen LogP contribution is 2.13. The lowest BCUT2D eigenvalue weighted by molar-refractivity contribution is -0.123. The van der Waals surface area contributed by atoms with Crippen LogP contribution in [-0.4, -0.2) is 41.8 Å². The second-order valence-electron chi connectivity index (χ2n) is 6.37. The largest absolute Gasteiger partial charge is 0.445 e. The summed E-state index contributed by atoms with van der Waals surface area (Å²) < 4.78 is 31.4. The van der Waals surface area contributed by atoms with Crippen molar-refractivity contribution in [1.82, 2.24) is 10.2 Å². The van der Waals surface area contributed by atoms with E-state index in [0.29, 0.717) is 0 Å². The Hall–Kier alpha value is -3.29. The van der Waals surface area contributed by atoms with Gasteiger partial charge in [0.05, 0.1) is 12.6 Å². The fourth-order valence-corrected chi connectivity index (χ4v) is 2.82. The predicted molar refractivity (Wildman–Crippen MR) is 95.4 cm³/mol. The first-order chi connectivity index (χ1) is 13.4. The number of ketones is 1. The maximum absolute atomic E-state index is 13.3. The Labute approximate surface area is 160 Å². The van der Waals surface area contributed by atoms with Gasteiger partial charge in [-0.25, -0.2) is 13.6 Å². The van der Waals surface area contributed by atoms with E-state index in [-0.39, 0.29) is 37.5 Å². The molecule has 3 rings (SSSR count). The SMILES string of the molecule is O=C(NC1CCN(C(=O)OCc2ccccc2)CC1=O)c1ccc(F)c(F)c1. The third-order valence-corrected chi connectivity index (χ3v) is 4.37. The number of benzene rings is 2. The van der Waals surface area contributed by atoms with E-state index in [1.807, 2.05) is 30.3 Å². The number of hydrogen-bond donors (Lipinski definition) is 1. The summed E-state index contributed by atoms with van der Waals surface area (Å²) in [5.41, 5.74) is 0.743. The first-order valence-corrected chi connectivity index (χ1v) is 8.68. The molecule has 0 radical (unpaired) electrons. The van der Waals surface area contributed by atoms with Crippen LogP contribution in [0.4, 0.5) is 13.6 Å². The van der Waals surface area contributed by atoms with Crippen LogP contribution in [0.5, 0.6) is 0 Å². The number of halogens is 2. The van der Waals surface area contributed by atoms with Gasteiger partial charge in [0.2, 0.25) is 0 Å². The highest BCUT2D eigenvalue weighted by molar-refractivity contribution is 5.99. The molecule has 146 valence electrons. The van der Waals surface area contributed by atoms with Gasteiger partial charge in [-0.2, -0.15) is 0 Å². The molecular weight excluding hydrogens is 370 g/mol. The zero-order valence-corrected chi connectivity index (χ0v) is 14.9. The van der Waals surface area contributed by atoms with E-state index < -0.39 is 29.7 Å². The summed E-state index contributed by atoms with van der Waals surface area (Å²) in [6.45, 7) is 0.124. The van der Waals surface area contributed by atoms with Crippen LogP contribution >= 0.6 is 0 Å². The molecule has 0 saturated carbocycles. The molecule has 6 nitrogen and oxygen atoms in total. The Bertz CT molecular complexity index is 889. The summed E-state index contributed by atoms with van der Waals surface area (Å²) >= 11 is 0. The standard InChI is InChI=1S/C20H18F2N2O4/c21-15-7-6-14(10-16(15)22)19(26)23-17-8-9-24(11-18(17)25)20(27)28-12-13-4-2-1-3-5-13/h1-7,10,17H,8-9,11-12H2,(H,23,26). The maximum atomic E-state index is 13.3. The van der Waals surface area contributed by atoms with Crippen molar-refractivity contribution < 1.29 is 27.9 Å². The molecule has 2 aromatic carbocycles. The molecule has 2 amide bonds. The summed E-state index contributed by atoms with van der Waals surface area (Å²) in [7, 11) is 0. The van der Waals surface area contributed by atoms with Crippen molar-refractivity contribution in [2.75, 3.05) is 13.1 Å². The number of nitrogens with zero attached hydrogens (tertiary/aromatic N) is 1. The number of amides is 2. The van der Waals surface area contributed by atoms with Gasteiger partial charge in [0.15, 0.2) is 17.4 Å². The molecule has 1 atom stereocenters. The Kier molecular flexibility index (Phi) is 5.98. The summed E-state index contributed by atoms with van der Waals surface area (Å²) in [6, 6.07) is 11.1. The molecule has 1 heterocycles. The minimum Gasteiger partial charge on any atom is -0.445 e. The molecule has 0 aliphatic carbocycles. The normalized spacial score (nSPS) is 16.6. The van der Waals surface area contributed by atoms with Gasteiger partial charge in [0, 0.05) is 12.1 Å². The quantitative estimate of drug-likeness (QED) is 0.874. The molecule has 1 N–H and O–H groups in total. The van der Waals surface area contributed by atoms with Gasteiger partial charge in [-0.3, -0.25) is 9.59 Å². The van der Waals surface area contributed by atoms with E-state index >= 15 is 0 Å². The molecule has 1 saturated heterocycles. The van der Waals surface area contributed by atoms with E-state index in [2.05, 4.69) is 5.32 Å². The first kappa shape index (κ1) is 19.5. The monoisotopic (exact) mass is 388 g/mol. The molecule has 8 heteroatoms. The first-order valence-electron chi connectivity index (χ1n) is 8.68. The van der Waals surface area contributed by atoms with Crippen LogP contribution < -0.4 is 5.32 Å². The van der Waals surface area contributed by atoms with E-state index in [0.717, 1.165) is 23.8 Å². The summed E-state index contributed by atoms with van der Waals surface area (Å²) in [5, 5.41) is 2.49. The number of hydrogen-bond acceptors (Lipinski definition) is 4. The van der Waals surface area contributed by atoms with Crippen LogP contribution in [-0.2, 0) is 16.1 Å². The lowest BCUT2D eigenvalue weighted by Crippen LogP contribution is -2.53. The molecule has 1 unspecified atom stereocenters. The zero-order valence-electron chi connectivity index (χ0n) is 14.9. The number of rotatable bonds is 4. The van der Waals surface area contributed by atoms with Gasteiger partial charge in [-0.05, 0) is 30.2 Å². The van der Waals surface area contributed by atoms with Crippen molar-refractivity contribution in [1.29, 1.82) is 0 Å². The number of ether oxygens (including phenoxy) is 1. The van der Waals surface area contributed by atoms with Gasteiger partial charge in [0.1, 0.15) is 6.61 Å². The zero-order chi connectivity index (χ0) is 20.1. The summed E-state index contributed by atoms with van der Waals surface area (Å²) in [4.78, 5) is 37.8. The molecule has 0 spiro atoms. The fourth-order valence-electron chi connectivity index (χ4n) is 2.82. The Morgan fingerprint density at radius 2 is 1.86 bits per heavy atom. The smallest absolute Gasteiger partial charge is 0.410 e. The van der Waals surface area contributed by atoms with Crippen LogP contribution in [0, 0.1) is 11.6 Å². The minimum absolute atomic E-state index is 0.0867. The van der Waals surface area contributed by atoms with Gasteiger partial charge >= 0.3 is 6.09 Å². The number of carbonyl (C=O) groups excluding carboxylic acids is 3. The van der Waals surface area contributed by atoms with Gasteiger partial charge < -0.3 is 15.0 Å². The van der Waals surface area contributed by atoms with Crippen LogP contribution in [0.1, 0.15) is 22.3 Å². The van der Waals surface area contributed by atoms with Crippen molar-refractivity contribution in [3.63, 3.8) is 0 Å². The number of piperidine rings is 1. The lowest BCUT2D eigenvalue weighted by atomic mass is 10.0. The molecule has 0 bridgehead atoms. The molecule has 28 heavy (non-hydrogen) atoms. The predicted octanol–water partition coefficient (Wildman–Crippen LogP) is 2.67. The molecule has 2 aromatic rings. The lowest BCUT2D eigenvalue weighted by Gasteiger charge is -2.30. The Morgan fingerprint density at radius 3 is 2.54 bits per heavy atom. The maximum Gasteiger partial charge on any atom is 0.410 e. The molecule has 0 aromatic heterocycles. The van der Waals surface area contributed by atoms with Crippen molar-refractivity contribution in [3.05, 3.63) is 71.3 Å². The second-order valence-corrected chi connectivity index (χ2v) is 6.37. The van der Waals surface area contributed by atoms with Crippen molar-refractivity contribution in [2.45, 2.75) is 19.1 Å². The number of carbonyl (C=O) groups is 3. The average Bonchev–Trinajstić information content (AvgIpc) is 2.70. The highest BCUT2D eigenvalue weighted by atomic mass is 19.2. The minimum atomic E-state index is -1.14. The van der Waals surface area contributed by atoms with E-state index in [1.165, 1.54) is 4.90 Å². The Balaban J connectivity index is 1.51. The third kappa shape index (κ3) is 4.70. The van der Waals surface area contributed by atoms with Gasteiger partial charge in [-0.1, -0.05) is 30.3 Å². The summed E-state index contributed by atoms with van der Waals surface area (Å²) in [6.07, 6.45) is -0.406. The van der Waals surface area contributed by atoms with Crippen molar-refractivity contribution >= 4 is 17.8 Å². The van der Waals surface area contributed by atoms with E-state index in [9.17, 15) is 23.2 Å². The number of likely N-dealkylation sites (tertiary alicyclic amines) is 1. The van der Waals surface area contributed by atoms with Crippen LogP contribution in [0.2, 0.25) is 0 Å². The van der Waals surface area contributed by atoms with Crippen LogP contribution in [0.15, 0.2) is 48.5 Å². The number of Topliss-reactive ketones (excluding diaryl/α,β-unsaturated/α-hetero) is 1. The van der Waals surface area contributed by atoms with E-state index in [1.54, 1.807) is 0 Å². The van der Waals surface area contributed by atoms with Crippen molar-refractivity contribution in [3.8, 4) is 0 Å².